The van der Waals surface area contributed by atoms with Gasteiger partial charge < -0.3 is 10.1 Å². The van der Waals surface area contributed by atoms with Crippen LogP contribution in [0.2, 0.25) is 0 Å². The van der Waals surface area contributed by atoms with Crippen LogP contribution >= 0.6 is 0 Å². The second-order valence-corrected chi connectivity index (χ2v) is 11.1. The number of carbonyl (C=O) groups excluding carboxylic acids is 2. The number of rotatable bonds is 20. The number of ether oxygens (including phenoxy) is 1. The summed E-state index contributed by atoms with van der Waals surface area (Å²) in [7, 11) is 0. The Morgan fingerprint density at radius 3 is 1.93 bits per heavy atom. The average Bonchev–Trinajstić information content (AvgIpc) is 2.97. The Bertz CT molecular complexity index is 1180. The predicted molar refractivity (Wildman–Crippen MR) is 168 cm³/mol. The van der Waals surface area contributed by atoms with Gasteiger partial charge in [0.25, 0.3) is 0 Å². The molecule has 0 spiro atoms. The number of hydrogen-bond donors (Lipinski definition) is 1. The van der Waals surface area contributed by atoms with Crippen LogP contribution in [0.1, 0.15) is 112 Å². The summed E-state index contributed by atoms with van der Waals surface area (Å²) in [4.78, 5) is 25.0. The van der Waals surface area contributed by atoms with Gasteiger partial charge in [-0.05, 0) is 43.2 Å². The zero-order chi connectivity index (χ0) is 29.1. The Morgan fingerprint density at radius 2 is 1.32 bits per heavy atom. The van der Waals surface area contributed by atoms with Crippen molar-refractivity contribution in [3.05, 3.63) is 89.7 Å². The maximum absolute atomic E-state index is 12.7. The highest BCUT2D eigenvalue weighted by Crippen LogP contribution is 2.22. The van der Waals surface area contributed by atoms with Crippen molar-refractivity contribution in [2.24, 2.45) is 0 Å². The molecule has 0 aliphatic rings. The van der Waals surface area contributed by atoms with Crippen LogP contribution in [0.25, 0.3) is 0 Å². The third-order valence-electron chi connectivity index (χ3n) is 7.42. The van der Waals surface area contributed by atoms with E-state index in [0.717, 1.165) is 36.2 Å². The quantitative estimate of drug-likeness (QED) is 0.0861. The van der Waals surface area contributed by atoms with Crippen molar-refractivity contribution in [3.63, 3.8) is 0 Å². The van der Waals surface area contributed by atoms with Gasteiger partial charge in [0.1, 0.15) is 5.75 Å². The van der Waals surface area contributed by atoms with Crippen molar-refractivity contribution in [1.82, 2.24) is 0 Å². The van der Waals surface area contributed by atoms with Crippen molar-refractivity contribution < 1.29 is 18.9 Å². The highest BCUT2D eigenvalue weighted by molar-refractivity contribution is 5.98. The van der Waals surface area contributed by atoms with E-state index in [9.17, 15) is 9.59 Å². The lowest BCUT2D eigenvalue weighted by Gasteiger charge is -2.12. The fourth-order valence-electron chi connectivity index (χ4n) is 5.05. The second-order valence-electron chi connectivity index (χ2n) is 11.1. The summed E-state index contributed by atoms with van der Waals surface area (Å²) in [5, 5.41) is 2.96. The van der Waals surface area contributed by atoms with Crippen molar-refractivity contribution in [3.8, 4) is 5.75 Å². The first-order chi connectivity index (χ1) is 20.0. The number of nitrogens with zero attached hydrogens (tertiary/aromatic N) is 1. The normalized spacial score (nSPS) is 10.9. The molecule has 0 fully saturated rings. The third kappa shape index (κ3) is 12.7. The number of benzene rings is 2. The molecule has 2 aromatic carbocycles. The topological polar surface area (TPSA) is 59.3 Å². The number of pyridine rings is 1. The lowest BCUT2D eigenvalue weighted by molar-refractivity contribution is -0.688. The maximum atomic E-state index is 12.7. The number of ketones is 1. The van der Waals surface area contributed by atoms with E-state index < -0.39 is 0 Å². The molecule has 0 aliphatic heterocycles. The molecule has 0 unspecified atom stereocenters. The second kappa shape index (κ2) is 18.8. The van der Waals surface area contributed by atoms with E-state index in [-0.39, 0.29) is 18.1 Å². The number of hydrogen-bond acceptors (Lipinski definition) is 3. The SMILES string of the molecule is CCCCCCCCCCCCCCOc1ccc(CC(=O)Nc2ccc(C[n+]3ccccc3)cc2)cc1C(C)=O. The zero-order valence-electron chi connectivity index (χ0n) is 25.2. The van der Waals surface area contributed by atoms with Crippen molar-refractivity contribution in [2.45, 2.75) is 104 Å². The summed E-state index contributed by atoms with van der Waals surface area (Å²) in [5.41, 5.74) is 3.25. The smallest absolute Gasteiger partial charge is 0.228 e. The van der Waals surface area contributed by atoms with Gasteiger partial charge in [0, 0.05) is 23.4 Å². The minimum Gasteiger partial charge on any atom is -0.493 e. The van der Waals surface area contributed by atoms with Gasteiger partial charge in [-0.15, -0.1) is 0 Å². The van der Waals surface area contributed by atoms with Gasteiger partial charge in [-0.1, -0.05) is 102 Å². The minimum absolute atomic E-state index is 0.0520. The van der Waals surface area contributed by atoms with Crippen LogP contribution in [-0.2, 0) is 17.8 Å². The fraction of sp³-hybridized carbons (Fsp3) is 0.472. The number of amides is 1. The summed E-state index contributed by atoms with van der Waals surface area (Å²) in [6.07, 6.45) is 19.8. The van der Waals surface area contributed by atoms with Crippen molar-refractivity contribution in [1.29, 1.82) is 0 Å². The molecule has 0 saturated carbocycles. The molecule has 5 nitrogen and oxygen atoms in total. The zero-order valence-corrected chi connectivity index (χ0v) is 25.2. The number of aromatic nitrogens is 1. The van der Waals surface area contributed by atoms with Crippen molar-refractivity contribution in [2.75, 3.05) is 11.9 Å². The highest BCUT2D eigenvalue weighted by atomic mass is 16.5. The fourth-order valence-corrected chi connectivity index (χ4v) is 5.05. The monoisotopic (exact) mass is 557 g/mol. The molecule has 3 aromatic rings. The van der Waals surface area contributed by atoms with Gasteiger partial charge in [-0.25, -0.2) is 4.57 Å². The Morgan fingerprint density at radius 1 is 0.732 bits per heavy atom. The largest absolute Gasteiger partial charge is 0.493 e. The number of carbonyl (C=O) groups is 2. The van der Waals surface area contributed by atoms with Gasteiger partial charge in [0.15, 0.2) is 24.7 Å². The molecule has 41 heavy (non-hydrogen) atoms. The summed E-state index contributed by atoms with van der Waals surface area (Å²) >= 11 is 0. The Balaban J connectivity index is 1.36. The van der Waals surface area contributed by atoms with Crippen LogP contribution in [0.5, 0.6) is 5.75 Å². The standard InChI is InChI=1S/C36H48N2O3/c1-3-4-5-6-7-8-9-10-11-12-13-17-26-41-35-23-20-32(27-34(35)30(2)39)28-36(40)37-33-21-18-31(19-22-33)29-38-24-15-14-16-25-38/h14-16,18-25,27H,3-13,17,26,28-29H2,1-2H3/p+1. The average molecular weight is 558 g/mol. The van der Waals surface area contributed by atoms with E-state index in [4.69, 9.17) is 4.74 Å². The van der Waals surface area contributed by atoms with Gasteiger partial charge in [0.05, 0.1) is 18.6 Å². The van der Waals surface area contributed by atoms with Crippen LogP contribution in [-0.4, -0.2) is 18.3 Å². The van der Waals surface area contributed by atoms with E-state index in [0.29, 0.717) is 17.9 Å². The molecule has 220 valence electrons. The molecule has 0 saturated heterocycles. The Labute approximate surface area is 247 Å². The van der Waals surface area contributed by atoms with E-state index >= 15 is 0 Å². The Kier molecular flexibility index (Phi) is 14.7. The summed E-state index contributed by atoms with van der Waals surface area (Å²) in [6, 6.07) is 19.4. The van der Waals surface area contributed by atoms with Crippen LogP contribution in [0.3, 0.4) is 0 Å². The molecule has 1 N–H and O–H groups in total. The van der Waals surface area contributed by atoms with Crippen LogP contribution in [0.4, 0.5) is 5.69 Å². The highest BCUT2D eigenvalue weighted by Gasteiger charge is 2.12. The van der Waals surface area contributed by atoms with Crippen molar-refractivity contribution >= 4 is 17.4 Å². The molecule has 1 heterocycles. The molecule has 0 bridgehead atoms. The molecule has 0 atom stereocenters. The van der Waals surface area contributed by atoms with Gasteiger partial charge in [-0.2, -0.15) is 0 Å². The van der Waals surface area contributed by atoms with E-state index in [1.165, 1.54) is 64.2 Å². The first-order valence-electron chi connectivity index (χ1n) is 15.6. The summed E-state index contributed by atoms with van der Waals surface area (Å²) < 4.78 is 8.08. The van der Waals surface area contributed by atoms with E-state index in [1.807, 2.05) is 67.0 Å². The minimum atomic E-state index is -0.116. The summed E-state index contributed by atoms with van der Waals surface area (Å²) in [6.45, 7) is 5.19. The van der Waals surface area contributed by atoms with Gasteiger partial charge >= 0.3 is 0 Å². The van der Waals surface area contributed by atoms with E-state index in [2.05, 4.69) is 16.8 Å². The number of nitrogens with one attached hydrogen (secondary N) is 1. The van der Waals surface area contributed by atoms with Crippen LogP contribution in [0.15, 0.2) is 73.1 Å². The molecular formula is C36H49N2O3+. The molecule has 0 aliphatic carbocycles. The molecular weight excluding hydrogens is 508 g/mol. The summed E-state index contributed by atoms with van der Waals surface area (Å²) in [5.74, 6) is 0.440. The Hall–Kier alpha value is -3.47. The molecule has 1 amide bonds. The lowest BCUT2D eigenvalue weighted by Crippen LogP contribution is -2.32. The number of unbranched alkanes of at least 4 members (excludes halogenated alkanes) is 11. The first kappa shape index (κ1) is 32.0. The lowest BCUT2D eigenvalue weighted by atomic mass is 10.0. The molecule has 0 radical (unpaired) electrons. The predicted octanol–water partition coefficient (Wildman–Crippen LogP) is 8.49. The van der Waals surface area contributed by atoms with Gasteiger partial charge in [-0.3, -0.25) is 9.59 Å². The molecule has 5 heteroatoms. The molecule has 1 aromatic heterocycles. The van der Waals surface area contributed by atoms with Crippen LogP contribution < -0.4 is 14.6 Å². The molecule has 3 rings (SSSR count). The maximum Gasteiger partial charge on any atom is 0.228 e. The van der Waals surface area contributed by atoms with E-state index in [1.54, 1.807) is 13.0 Å². The number of Topliss-reactive ketones (excluding diaryl/α,β-unsaturated/α-hetero) is 1. The first-order valence-corrected chi connectivity index (χ1v) is 15.6. The van der Waals surface area contributed by atoms with Gasteiger partial charge in [0.2, 0.25) is 5.91 Å². The third-order valence-corrected chi connectivity index (χ3v) is 7.42. The number of anilines is 1. The van der Waals surface area contributed by atoms with Crippen LogP contribution in [0, 0.1) is 0 Å².